The Morgan fingerprint density at radius 1 is 1.35 bits per heavy atom. The molecule has 0 radical (unpaired) electrons. The van der Waals surface area contributed by atoms with Crippen LogP contribution in [0.3, 0.4) is 0 Å². The van der Waals surface area contributed by atoms with Crippen LogP contribution in [0.15, 0.2) is 57.1 Å². The molecule has 128 valence electrons. The van der Waals surface area contributed by atoms with E-state index in [0.29, 0.717) is 28.2 Å². The van der Waals surface area contributed by atoms with Crippen molar-refractivity contribution in [3.63, 3.8) is 0 Å². The van der Waals surface area contributed by atoms with Crippen LogP contribution in [0.4, 0.5) is 5.13 Å². The summed E-state index contributed by atoms with van der Waals surface area (Å²) in [5, 5.41) is 14.4. The van der Waals surface area contributed by atoms with Gasteiger partial charge in [0.15, 0.2) is 10.9 Å². The highest BCUT2D eigenvalue weighted by molar-refractivity contribution is 7.14. The molecule has 4 aromatic rings. The quantitative estimate of drug-likeness (QED) is 0.585. The lowest BCUT2D eigenvalue weighted by molar-refractivity contribution is 0.102. The highest BCUT2D eigenvalue weighted by Gasteiger charge is 2.25. The van der Waals surface area contributed by atoms with Crippen LogP contribution < -0.4 is 5.32 Å². The number of rotatable bonds is 4. The van der Waals surface area contributed by atoms with Gasteiger partial charge in [-0.05, 0) is 31.2 Å². The van der Waals surface area contributed by atoms with Crippen molar-refractivity contribution in [3.8, 4) is 23.4 Å². The van der Waals surface area contributed by atoms with Gasteiger partial charge in [0.25, 0.3) is 5.91 Å². The summed E-state index contributed by atoms with van der Waals surface area (Å²) < 4.78 is 12.6. The van der Waals surface area contributed by atoms with Gasteiger partial charge in [0, 0.05) is 17.8 Å². The van der Waals surface area contributed by atoms with Gasteiger partial charge in [-0.2, -0.15) is 5.26 Å². The second-order valence-electron chi connectivity index (χ2n) is 5.38. The predicted octanol–water partition coefficient (Wildman–Crippen LogP) is 4.22. The summed E-state index contributed by atoms with van der Waals surface area (Å²) in [6.45, 7) is 1.65. The van der Waals surface area contributed by atoms with E-state index in [-0.39, 0.29) is 11.1 Å². The van der Waals surface area contributed by atoms with Gasteiger partial charge in [-0.3, -0.25) is 14.7 Å². The Morgan fingerprint density at radius 2 is 2.15 bits per heavy atom. The van der Waals surface area contributed by atoms with Gasteiger partial charge in [-0.1, -0.05) is 0 Å². The molecule has 0 aromatic carbocycles. The monoisotopic (exact) mass is 364 g/mol. The fourth-order valence-electron chi connectivity index (χ4n) is 2.59. The van der Waals surface area contributed by atoms with Crippen LogP contribution in [0, 0.1) is 18.3 Å². The molecule has 8 heteroatoms. The number of carbonyl (C=O) groups excluding carboxylic acids is 1. The Kier molecular flexibility index (Phi) is 3.91. The topological polar surface area (TPSA) is 97.0 Å². The molecule has 0 fully saturated rings. The molecule has 0 aliphatic carbocycles. The Balaban J connectivity index is 1.64. The summed E-state index contributed by atoms with van der Waals surface area (Å²) in [4.78, 5) is 17.0. The number of hydrogen-bond acceptors (Lipinski definition) is 6. The molecule has 4 rings (SSSR count). The number of hydrogen-bond donors (Lipinski definition) is 1. The Bertz CT molecular complexity index is 1100. The molecule has 0 saturated heterocycles. The fraction of sp³-hybridized carbons (Fsp3) is 0.0556. The third-order valence-electron chi connectivity index (χ3n) is 3.74. The van der Waals surface area contributed by atoms with Crippen LogP contribution in [0.2, 0.25) is 0 Å². The number of aryl methyl sites for hydroxylation is 1. The van der Waals surface area contributed by atoms with Crippen molar-refractivity contribution in [2.45, 2.75) is 6.92 Å². The molecule has 0 saturated carbocycles. The number of amides is 1. The average Bonchev–Trinajstić information content (AvgIpc) is 3.40. The first kappa shape index (κ1) is 15.9. The maximum absolute atomic E-state index is 12.7. The molecule has 0 aliphatic heterocycles. The van der Waals surface area contributed by atoms with E-state index in [1.807, 2.05) is 12.1 Å². The first-order valence-corrected chi connectivity index (χ1v) is 8.53. The van der Waals surface area contributed by atoms with Crippen LogP contribution in [-0.4, -0.2) is 15.5 Å². The van der Waals surface area contributed by atoms with Crippen molar-refractivity contribution in [3.05, 3.63) is 65.2 Å². The standard InChI is InChI=1S/C18H12N4O3S/c1-11-15(12(9-19)17(25-11)22-6-2-3-7-22)16(23)21-18-20-13(10-26-18)14-5-4-8-24-14/h2-8,10H,1H3,(H,20,21,23). The second kappa shape index (κ2) is 6.38. The van der Waals surface area contributed by atoms with Crippen molar-refractivity contribution in [2.75, 3.05) is 5.32 Å². The number of anilines is 1. The molecule has 0 atom stereocenters. The number of thiazole rings is 1. The number of nitrogens with zero attached hydrogens (tertiary/aromatic N) is 3. The van der Waals surface area contributed by atoms with Crippen LogP contribution in [0.5, 0.6) is 0 Å². The zero-order valence-electron chi connectivity index (χ0n) is 13.6. The minimum absolute atomic E-state index is 0.180. The number of furan rings is 2. The molecule has 7 nitrogen and oxygen atoms in total. The maximum atomic E-state index is 12.7. The molecule has 0 unspecified atom stereocenters. The summed E-state index contributed by atoms with van der Waals surface area (Å²) >= 11 is 1.27. The van der Waals surface area contributed by atoms with Crippen molar-refractivity contribution in [1.29, 1.82) is 5.26 Å². The van der Waals surface area contributed by atoms with E-state index in [0.717, 1.165) is 0 Å². The minimum atomic E-state index is -0.443. The first-order chi connectivity index (χ1) is 12.7. The zero-order chi connectivity index (χ0) is 18.1. The van der Waals surface area contributed by atoms with E-state index in [1.165, 1.54) is 11.3 Å². The van der Waals surface area contributed by atoms with E-state index < -0.39 is 5.91 Å². The molecule has 0 aliphatic rings. The molecular formula is C18H12N4O3S. The van der Waals surface area contributed by atoms with Crippen LogP contribution in [0.1, 0.15) is 21.7 Å². The van der Waals surface area contributed by atoms with E-state index in [4.69, 9.17) is 8.83 Å². The van der Waals surface area contributed by atoms with Gasteiger partial charge < -0.3 is 8.83 Å². The second-order valence-corrected chi connectivity index (χ2v) is 6.24. The maximum Gasteiger partial charge on any atom is 0.262 e. The summed E-state index contributed by atoms with van der Waals surface area (Å²) in [7, 11) is 0. The van der Waals surface area contributed by atoms with E-state index in [9.17, 15) is 10.1 Å². The third kappa shape index (κ3) is 2.70. The normalized spacial score (nSPS) is 10.6. The molecular weight excluding hydrogens is 352 g/mol. The molecule has 0 spiro atoms. The largest absolute Gasteiger partial charge is 0.463 e. The summed E-state index contributed by atoms with van der Waals surface area (Å²) in [5.74, 6) is 0.858. The molecule has 4 heterocycles. The first-order valence-electron chi connectivity index (χ1n) is 7.65. The van der Waals surface area contributed by atoms with Gasteiger partial charge >= 0.3 is 0 Å². The van der Waals surface area contributed by atoms with Crippen LogP contribution in [-0.2, 0) is 0 Å². The third-order valence-corrected chi connectivity index (χ3v) is 4.50. The highest BCUT2D eigenvalue weighted by atomic mass is 32.1. The number of carbonyl (C=O) groups is 1. The van der Waals surface area contributed by atoms with Gasteiger partial charge in [0.2, 0.25) is 5.88 Å². The smallest absolute Gasteiger partial charge is 0.262 e. The summed E-state index contributed by atoms with van der Waals surface area (Å²) in [5.41, 5.74) is 1.01. The van der Waals surface area contributed by atoms with Crippen molar-refractivity contribution >= 4 is 22.4 Å². The highest BCUT2D eigenvalue weighted by Crippen LogP contribution is 2.28. The lowest BCUT2D eigenvalue weighted by Crippen LogP contribution is -2.13. The SMILES string of the molecule is Cc1oc(-n2cccc2)c(C#N)c1C(=O)Nc1nc(-c2ccco2)cs1. The van der Waals surface area contributed by atoms with Crippen molar-refractivity contribution in [2.24, 2.45) is 0 Å². The molecule has 4 aromatic heterocycles. The van der Waals surface area contributed by atoms with Crippen molar-refractivity contribution in [1.82, 2.24) is 9.55 Å². The average molecular weight is 364 g/mol. The summed E-state index contributed by atoms with van der Waals surface area (Å²) in [6.07, 6.45) is 5.05. The van der Waals surface area contributed by atoms with Crippen LogP contribution in [0.25, 0.3) is 17.3 Å². The lowest BCUT2D eigenvalue weighted by atomic mass is 10.1. The lowest BCUT2D eigenvalue weighted by Gasteiger charge is -2.01. The predicted molar refractivity (Wildman–Crippen MR) is 95.3 cm³/mol. The number of nitriles is 1. The van der Waals surface area contributed by atoms with E-state index >= 15 is 0 Å². The van der Waals surface area contributed by atoms with Gasteiger partial charge in [-0.15, -0.1) is 11.3 Å². The Labute approximate surface area is 152 Å². The fourth-order valence-corrected chi connectivity index (χ4v) is 3.28. The Morgan fingerprint density at radius 3 is 2.85 bits per heavy atom. The van der Waals surface area contributed by atoms with Crippen molar-refractivity contribution < 1.29 is 13.6 Å². The van der Waals surface area contributed by atoms with E-state index in [1.54, 1.807) is 47.7 Å². The van der Waals surface area contributed by atoms with Crippen LogP contribution >= 0.6 is 11.3 Å². The molecule has 0 bridgehead atoms. The van der Waals surface area contributed by atoms with Gasteiger partial charge in [-0.25, -0.2) is 4.98 Å². The summed E-state index contributed by atoms with van der Waals surface area (Å²) in [6, 6.07) is 9.24. The molecule has 1 amide bonds. The molecule has 1 N–H and O–H groups in total. The van der Waals surface area contributed by atoms with E-state index in [2.05, 4.69) is 16.4 Å². The van der Waals surface area contributed by atoms with Gasteiger partial charge in [0.1, 0.15) is 28.7 Å². The van der Waals surface area contributed by atoms with Gasteiger partial charge in [0.05, 0.1) is 6.26 Å². The zero-order valence-corrected chi connectivity index (χ0v) is 14.4. The number of aromatic nitrogens is 2. The number of nitrogens with one attached hydrogen (secondary N) is 1. The molecule has 26 heavy (non-hydrogen) atoms. The Hall–Kier alpha value is -3.57. The minimum Gasteiger partial charge on any atom is -0.463 e.